The van der Waals surface area contributed by atoms with Gasteiger partial charge in [-0.1, -0.05) is 6.07 Å². The van der Waals surface area contributed by atoms with Crippen LogP contribution in [0.2, 0.25) is 0 Å². The smallest absolute Gasteiger partial charge is 0.198 e. The second kappa shape index (κ2) is 3.46. The molecular formula is C11H17N2+. The van der Waals surface area contributed by atoms with Crippen LogP contribution < -0.4 is 9.88 Å². The molecule has 2 rings (SSSR count). The lowest BCUT2D eigenvalue weighted by Crippen LogP contribution is -2.47. The Bertz CT molecular complexity index is 290. The van der Waals surface area contributed by atoms with Gasteiger partial charge in [-0.3, -0.25) is 0 Å². The van der Waals surface area contributed by atoms with Gasteiger partial charge in [0.1, 0.15) is 0 Å². The van der Waals surface area contributed by atoms with Crippen molar-refractivity contribution in [3.63, 3.8) is 0 Å². The van der Waals surface area contributed by atoms with Crippen molar-refractivity contribution in [2.24, 2.45) is 0 Å². The quantitative estimate of drug-likeness (QED) is 0.678. The maximum Gasteiger partial charge on any atom is 0.198 e. The zero-order chi connectivity index (χ0) is 9.26. The van der Waals surface area contributed by atoms with Crippen LogP contribution >= 0.6 is 0 Å². The summed E-state index contributed by atoms with van der Waals surface area (Å²) in [6.07, 6.45) is 3.44. The average molecular weight is 177 g/mol. The number of rotatable bonds is 2. The summed E-state index contributed by atoms with van der Waals surface area (Å²) >= 11 is 0. The Hall–Kier alpha value is -0.890. The molecule has 70 valence electrons. The van der Waals surface area contributed by atoms with Gasteiger partial charge in [0.25, 0.3) is 0 Å². The van der Waals surface area contributed by atoms with Crippen LogP contribution in [0, 0.1) is 0 Å². The summed E-state index contributed by atoms with van der Waals surface area (Å²) in [5.41, 5.74) is 1.42. The van der Waals surface area contributed by atoms with Crippen molar-refractivity contribution in [2.75, 3.05) is 6.54 Å². The number of pyridine rings is 1. The lowest BCUT2D eigenvalue weighted by Gasteiger charge is -2.26. The first-order valence-corrected chi connectivity index (χ1v) is 5.02. The van der Waals surface area contributed by atoms with Crippen LogP contribution in [0.25, 0.3) is 0 Å². The second-order valence-corrected chi connectivity index (χ2v) is 3.92. The Kier molecular flexibility index (Phi) is 2.32. The van der Waals surface area contributed by atoms with Crippen LogP contribution in [0.4, 0.5) is 0 Å². The standard InChI is InChI=1S/C11H17N2/c1-9(2)13-8-4-3-5-11(13)10-6-7-12-10/h3-5,8-10,12H,6-7H2,1-2H3/q+1. The molecule has 1 unspecified atom stereocenters. The molecule has 2 heterocycles. The van der Waals surface area contributed by atoms with E-state index >= 15 is 0 Å². The van der Waals surface area contributed by atoms with Crippen LogP contribution in [0.15, 0.2) is 24.4 Å². The molecule has 2 heteroatoms. The molecule has 0 amide bonds. The summed E-state index contributed by atoms with van der Waals surface area (Å²) in [6.45, 7) is 5.61. The molecule has 0 aliphatic carbocycles. The van der Waals surface area contributed by atoms with E-state index < -0.39 is 0 Å². The highest BCUT2D eigenvalue weighted by Gasteiger charge is 2.27. The van der Waals surface area contributed by atoms with Crippen LogP contribution in [-0.2, 0) is 0 Å². The minimum absolute atomic E-state index is 0.554. The Balaban J connectivity index is 2.31. The van der Waals surface area contributed by atoms with E-state index in [-0.39, 0.29) is 0 Å². The monoisotopic (exact) mass is 177 g/mol. The van der Waals surface area contributed by atoms with Gasteiger partial charge in [0.2, 0.25) is 0 Å². The molecule has 1 fully saturated rings. The minimum atomic E-state index is 0.554. The van der Waals surface area contributed by atoms with E-state index in [1.54, 1.807) is 0 Å². The van der Waals surface area contributed by atoms with Gasteiger partial charge in [0.05, 0.1) is 6.04 Å². The first kappa shape index (κ1) is 8.70. The third-order valence-electron chi connectivity index (χ3n) is 2.66. The van der Waals surface area contributed by atoms with E-state index in [1.165, 1.54) is 12.1 Å². The van der Waals surface area contributed by atoms with Gasteiger partial charge in [-0.05, 0) is 26.8 Å². The molecule has 1 aromatic heterocycles. The molecule has 0 aromatic carbocycles. The first-order chi connectivity index (χ1) is 6.29. The third kappa shape index (κ3) is 1.59. The molecule has 1 aliphatic rings. The average Bonchev–Trinajstić information content (AvgIpc) is 2.02. The highest BCUT2D eigenvalue weighted by Crippen LogP contribution is 2.19. The summed E-state index contributed by atoms with van der Waals surface area (Å²) in [5, 5.41) is 3.44. The molecule has 1 N–H and O–H groups in total. The van der Waals surface area contributed by atoms with Gasteiger partial charge in [-0.2, -0.15) is 4.57 Å². The van der Waals surface area contributed by atoms with Crippen molar-refractivity contribution in [1.29, 1.82) is 0 Å². The summed E-state index contributed by atoms with van der Waals surface area (Å²) in [4.78, 5) is 0. The van der Waals surface area contributed by atoms with E-state index in [2.05, 4.69) is 48.1 Å². The van der Waals surface area contributed by atoms with Crippen molar-refractivity contribution in [3.8, 4) is 0 Å². The Morgan fingerprint density at radius 3 is 2.77 bits per heavy atom. The number of aromatic nitrogens is 1. The fourth-order valence-corrected chi connectivity index (χ4v) is 1.78. The van der Waals surface area contributed by atoms with Crippen molar-refractivity contribution >= 4 is 0 Å². The molecule has 2 nitrogen and oxygen atoms in total. The number of hydrogen-bond acceptors (Lipinski definition) is 1. The molecule has 0 spiro atoms. The predicted octanol–water partition coefficient (Wildman–Crippen LogP) is 1.59. The third-order valence-corrected chi connectivity index (χ3v) is 2.66. The topological polar surface area (TPSA) is 15.9 Å². The van der Waals surface area contributed by atoms with E-state index in [0.717, 1.165) is 6.54 Å². The van der Waals surface area contributed by atoms with Gasteiger partial charge < -0.3 is 5.32 Å². The highest BCUT2D eigenvalue weighted by molar-refractivity contribution is 5.06. The fraction of sp³-hybridized carbons (Fsp3) is 0.545. The zero-order valence-corrected chi connectivity index (χ0v) is 8.33. The van der Waals surface area contributed by atoms with Gasteiger partial charge in [-0.15, -0.1) is 0 Å². The molecule has 1 aliphatic heterocycles. The summed E-state index contributed by atoms with van der Waals surface area (Å²) < 4.78 is 2.34. The Morgan fingerprint density at radius 2 is 2.23 bits per heavy atom. The SMILES string of the molecule is CC(C)[n+]1ccccc1C1CCN1. The second-order valence-electron chi connectivity index (χ2n) is 3.92. The molecule has 0 saturated carbocycles. The molecular weight excluding hydrogens is 160 g/mol. The maximum atomic E-state index is 3.44. The normalized spacial score (nSPS) is 21.6. The first-order valence-electron chi connectivity index (χ1n) is 5.02. The highest BCUT2D eigenvalue weighted by atomic mass is 15.1. The summed E-state index contributed by atoms with van der Waals surface area (Å²) in [6, 6.07) is 7.58. The van der Waals surface area contributed by atoms with Crippen molar-refractivity contribution < 1.29 is 4.57 Å². The van der Waals surface area contributed by atoms with Crippen LogP contribution in [0.3, 0.4) is 0 Å². The summed E-state index contributed by atoms with van der Waals surface area (Å²) in [5.74, 6) is 0. The fourth-order valence-electron chi connectivity index (χ4n) is 1.78. The van der Waals surface area contributed by atoms with Crippen molar-refractivity contribution in [3.05, 3.63) is 30.1 Å². The largest absolute Gasteiger partial charge is 0.305 e. The molecule has 1 atom stereocenters. The maximum absolute atomic E-state index is 3.44. The van der Waals surface area contributed by atoms with Crippen LogP contribution in [-0.4, -0.2) is 6.54 Å². The number of hydrogen-bond donors (Lipinski definition) is 1. The van der Waals surface area contributed by atoms with Gasteiger partial charge in [0.15, 0.2) is 17.9 Å². The van der Waals surface area contributed by atoms with E-state index in [0.29, 0.717) is 12.1 Å². The molecule has 1 aromatic rings. The predicted molar refractivity (Wildman–Crippen MR) is 52.4 cm³/mol. The van der Waals surface area contributed by atoms with Crippen molar-refractivity contribution in [1.82, 2.24) is 5.32 Å². The van der Waals surface area contributed by atoms with E-state index in [1.807, 2.05) is 0 Å². The van der Waals surface area contributed by atoms with Crippen molar-refractivity contribution in [2.45, 2.75) is 32.4 Å². The zero-order valence-electron chi connectivity index (χ0n) is 8.33. The van der Waals surface area contributed by atoms with Crippen LogP contribution in [0.5, 0.6) is 0 Å². The van der Waals surface area contributed by atoms with Gasteiger partial charge >= 0.3 is 0 Å². The summed E-state index contributed by atoms with van der Waals surface area (Å²) in [7, 11) is 0. The number of nitrogens with zero attached hydrogens (tertiary/aromatic N) is 1. The van der Waals surface area contributed by atoms with Crippen LogP contribution in [0.1, 0.15) is 38.0 Å². The lowest BCUT2D eigenvalue weighted by molar-refractivity contribution is -0.725. The van der Waals surface area contributed by atoms with E-state index in [9.17, 15) is 0 Å². The van der Waals surface area contributed by atoms with E-state index in [4.69, 9.17) is 0 Å². The Labute approximate surface area is 79.6 Å². The molecule has 0 radical (unpaired) electrons. The number of nitrogens with one attached hydrogen (secondary N) is 1. The Morgan fingerprint density at radius 1 is 1.46 bits per heavy atom. The lowest BCUT2D eigenvalue weighted by atomic mass is 10.0. The van der Waals surface area contributed by atoms with Gasteiger partial charge in [0, 0.05) is 12.1 Å². The van der Waals surface area contributed by atoms with Gasteiger partial charge in [-0.25, -0.2) is 0 Å². The minimum Gasteiger partial charge on any atom is -0.305 e. The molecule has 1 saturated heterocycles. The molecule has 13 heavy (non-hydrogen) atoms. The molecule has 0 bridgehead atoms.